The van der Waals surface area contributed by atoms with Crippen molar-refractivity contribution in [3.8, 4) is 39.5 Å². The molecule has 4 aromatic carbocycles. The normalized spacial score (nSPS) is 11.2. The van der Waals surface area contributed by atoms with E-state index in [9.17, 15) is 4.79 Å². The van der Waals surface area contributed by atoms with E-state index in [1.54, 1.807) is 36.4 Å². The van der Waals surface area contributed by atoms with Crippen LogP contribution < -0.4 is 5.43 Å². The minimum atomic E-state index is -0.337. The summed E-state index contributed by atoms with van der Waals surface area (Å²) in [4.78, 5) is 12.8. The maximum atomic E-state index is 12.8. The Bertz CT molecular complexity index is 1780. The molecule has 0 aliphatic carbocycles. The highest BCUT2D eigenvalue weighted by molar-refractivity contribution is 6.43. The number of amides is 1. The SMILES string of the molecule is O=C(N/N=C\c1ccc(-c2cccc(Cl)c2Cl)o1)c1ccc(-n2c(-c3ccccc3)ccc2-c2ccccc2)cc1. The fourth-order valence-electron chi connectivity index (χ4n) is 4.63. The third-order valence-electron chi connectivity index (χ3n) is 6.61. The summed E-state index contributed by atoms with van der Waals surface area (Å²) >= 11 is 12.4. The molecule has 0 saturated carbocycles. The van der Waals surface area contributed by atoms with Crippen LogP contribution in [0.5, 0.6) is 0 Å². The molecule has 0 fully saturated rings. The summed E-state index contributed by atoms with van der Waals surface area (Å²) in [5.74, 6) is 0.674. The Labute approximate surface area is 247 Å². The van der Waals surface area contributed by atoms with E-state index >= 15 is 0 Å². The van der Waals surface area contributed by atoms with Gasteiger partial charge in [-0.25, -0.2) is 5.43 Å². The van der Waals surface area contributed by atoms with Crippen molar-refractivity contribution in [2.75, 3.05) is 0 Å². The van der Waals surface area contributed by atoms with Gasteiger partial charge in [-0.1, -0.05) is 89.9 Å². The Hall–Kier alpha value is -4.84. The van der Waals surface area contributed by atoms with Crippen LogP contribution >= 0.6 is 23.2 Å². The molecule has 6 aromatic rings. The molecule has 0 unspecified atom stereocenters. The van der Waals surface area contributed by atoms with Crippen LogP contribution in [0.3, 0.4) is 0 Å². The molecule has 1 amide bonds. The summed E-state index contributed by atoms with van der Waals surface area (Å²) in [5.41, 5.74) is 8.98. The number of furan rings is 1. The summed E-state index contributed by atoms with van der Waals surface area (Å²) in [5, 5.41) is 4.92. The zero-order valence-electron chi connectivity index (χ0n) is 21.7. The predicted molar refractivity (Wildman–Crippen MR) is 166 cm³/mol. The van der Waals surface area contributed by atoms with Gasteiger partial charge in [0.2, 0.25) is 0 Å². The minimum Gasteiger partial charge on any atom is -0.455 e. The van der Waals surface area contributed by atoms with Gasteiger partial charge >= 0.3 is 0 Å². The second kappa shape index (κ2) is 11.7. The van der Waals surface area contributed by atoms with E-state index < -0.39 is 0 Å². The van der Waals surface area contributed by atoms with E-state index in [4.69, 9.17) is 27.6 Å². The van der Waals surface area contributed by atoms with Gasteiger partial charge in [0.25, 0.3) is 5.91 Å². The van der Waals surface area contributed by atoms with E-state index in [0.29, 0.717) is 32.7 Å². The number of hydrogen-bond donors (Lipinski definition) is 1. The third-order valence-corrected chi connectivity index (χ3v) is 7.43. The van der Waals surface area contributed by atoms with Gasteiger partial charge in [-0.15, -0.1) is 0 Å². The molecule has 0 aliphatic heterocycles. The van der Waals surface area contributed by atoms with Crippen molar-refractivity contribution in [1.29, 1.82) is 0 Å². The van der Waals surface area contributed by atoms with Crippen LogP contribution in [0.15, 0.2) is 137 Å². The monoisotopic (exact) mass is 575 g/mol. The summed E-state index contributed by atoms with van der Waals surface area (Å²) in [6.07, 6.45) is 1.44. The van der Waals surface area contributed by atoms with Gasteiger partial charge in [0, 0.05) is 16.8 Å². The Morgan fingerprint density at radius 1 is 0.707 bits per heavy atom. The van der Waals surface area contributed by atoms with E-state index in [1.807, 2.05) is 54.6 Å². The molecule has 2 aromatic heterocycles. The zero-order valence-corrected chi connectivity index (χ0v) is 23.2. The maximum Gasteiger partial charge on any atom is 0.271 e. The molecule has 0 bridgehead atoms. The first-order valence-corrected chi connectivity index (χ1v) is 13.6. The number of carbonyl (C=O) groups is 1. The predicted octanol–water partition coefficient (Wildman–Crippen LogP) is 9.14. The van der Waals surface area contributed by atoms with Gasteiger partial charge in [-0.3, -0.25) is 4.79 Å². The van der Waals surface area contributed by atoms with Crippen molar-refractivity contribution in [3.63, 3.8) is 0 Å². The molecular weight excluding hydrogens is 553 g/mol. The molecule has 6 rings (SSSR count). The molecule has 2 heterocycles. The Morgan fingerprint density at radius 2 is 1.34 bits per heavy atom. The molecule has 41 heavy (non-hydrogen) atoms. The summed E-state index contributed by atoms with van der Waals surface area (Å²) in [7, 11) is 0. The second-order valence-corrected chi connectivity index (χ2v) is 10.0. The molecule has 200 valence electrons. The number of nitrogens with one attached hydrogen (secondary N) is 1. The third kappa shape index (κ3) is 5.59. The molecule has 5 nitrogen and oxygen atoms in total. The van der Waals surface area contributed by atoms with E-state index in [0.717, 1.165) is 28.2 Å². The van der Waals surface area contributed by atoms with Crippen molar-refractivity contribution < 1.29 is 9.21 Å². The summed E-state index contributed by atoms with van der Waals surface area (Å²) in [6, 6.07) is 41.0. The highest BCUT2D eigenvalue weighted by Gasteiger charge is 2.15. The average Bonchev–Trinajstić information content (AvgIpc) is 3.67. The largest absolute Gasteiger partial charge is 0.455 e. The summed E-state index contributed by atoms with van der Waals surface area (Å²) in [6.45, 7) is 0. The van der Waals surface area contributed by atoms with Crippen LogP contribution in [0.25, 0.3) is 39.5 Å². The number of carbonyl (C=O) groups excluding carboxylic acids is 1. The van der Waals surface area contributed by atoms with Crippen molar-refractivity contribution >= 4 is 35.3 Å². The molecule has 0 atom stereocenters. The molecule has 0 saturated heterocycles. The van der Waals surface area contributed by atoms with Crippen LogP contribution in [0, 0.1) is 0 Å². The molecule has 0 radical (unpaired) electrons. The smallest absolute Gasteiger partial charge is 0.271 e. The lowest BCUT2D eigenvalue weighted by atomic mass is 10.1. The summed E-state index contributed by atoms with van der Waals surface area (Å²) < 4.78 is 8.00. The molecule has 0 spiro atoms. The number of rotatable bonds is 7. The lowest BCUT2D eigenvalue weighted by Gasteiger charge is -2.15. The average molecular weight is 576 g/mol. The first kappa shape index (κ1) is 26.4. The standard InChI is InChI=1S/C34H23Cl2N3O2/c35-29-13-7-12-28(33(29)36)32-21-18-27(41-32)22-37-38-34(40)25-14-16-26(17-15-25)39-30(23-8-3-1-4-9-23)19-20-31(39)24-10-5-2-6-11-24/h1-22H,(H,38,40)/b37-22-. The number of hydrazone groups is 1. The number of aromatic nitrogens is 1. The highest BCUT2D eigenvalue weighted by atomic mass is 35.5. The lowest BCUT2D eigenvalue weighted by molar-refractivity contribution is 0.0955. The van der Waals surface area contributed by atoms with Gasteiger partial charge in [-0.2, -0.15) is 5.10 Å². The molecular formula is C34H23Cl2N3O2. The van der Waals surface area contributed by atoms with Gasteiger partial charge in [-0.05, 0) is 71.8 Å². The Balaban J connectivity index is 1.21. The first-order valence-electron chi connectivity index (χ1n) is 12.9. The van der Waals surface area contributed by atoms with Crippen LogP contribution in [0.4, 0.5) is 0 Å². The lowest BCUT2D eigenvalue weighted by Crippen LogP contribution is -2.17. The van der Waals surface area contributed by atoms with Crippen LogP contribution in [-0.2, 0) is 0 Å². The number of halogens is 2. The van der Waals surface area contributed by atoms with Gasteiger partial charge in [0.05, 0.1) is 27.6 Å². The highest BCUT2D eigenvalue weighted by Crippen LogP contribution is 2.34. The maximum absolute atomic E-state index is 12.8. The quantitative estimate of drug-likeness (QED) is 0.152. The first-order chi connectivity index (χ1) is 20.1. The second-order valence-electron chi connectivity index (χ2n) is 9.22. The van der Waals surface area contributed by atoms with Crippen molar-refractivity contribution in [1.82, 2.24) is 9.99 Å². The zero-order chi connectivity index (χ0) is 28.2. The fourth-order valence-corrected chi connectivity index (χ4v) is 5.02. The molecule has 7 heteroatoms. The Kier molecular flexibility index (Phi) is 7.54. The van der Waals surface area contributed by atoms with E-state index in [-0.39, 0.29) is 5.91 Å². The van der Waals surface area contributed by atoms with Crippen LogP contribution in [0.1, 0.15) is 16.1 Å². The van der Waals surface area contributed by atoms with E-state index in [1.165, 1.54) is 6.21 Å². The van der Waals surface area contributed by atoms with Crippen LogP contribution in [0.2, 0.25) is 10.0 Å². The number of hydrogen-bond acceptors (Lipinski definition) is 3. The van der Waals surface area contributed by atoms with Crippen molar-refractivity contribution in [3.05, 3.63) is 149 Å². The van der Waals surface area contributed by atoms with Crippen LogP contribution in [-0.4, -0.2) is 16.7 Å². The van der Waals surface area contributed by atoms with Gasteiger partial charge in [0.1, 0.15) is 11.5 Å². The molecule has 0 aliphatic rings. The number of benzene rings is 4. The van der Waals surface area contributed by atoms with Crippen molar-refractivity contribution in [2.45, 2.75) is 0 Å². The van der Waals surface area contributed by atoms with Crippen molar-refractivity contribution in [2.24, 2.45) is 5.10 Å². The topological polar surface area (TPSA) is 59.5 Å². The minimum absolute atomic E-state index is 0.337. The molecule has 1 N–H and O–H groups in total. The fraction of sp³-hybridized carbons (Fsp3) is 0. The van der Waals surface area contributed by atoms with Gasteiger partial charge < -0.3 is 8.98 Å². The Morgan fingerprint density at radius 3 is 1.98 bits per heavy atom. The van der Waals surface area contributed by atoms with E-state index in [2.05, 4.69) is 51.5 Å². The number of nitrogens with zero attached hydrogens (tertiary/aromatic N) is 2. The van der Waals surface area contributed by atoms with Gasteiger partial charge in [0.15, 0.2) is 0 Å².